The summed E-state index contributed by atoms with van der Waals surface area (Å²) in [4.78, 5) is 29.0. The van der Waals surface area contributed by atoms with E-state index < -0.39 is 5.91 Å². The molecule has 5 nitrogen and oxygen atoms in total. The van der Waals surface area contributed by atoms with E-state index in [1.165, 1.54) is 12.3 Å². The molecule has 3 aromatic rings. The van der Waals surface area contributed by atoms with Gasteiger partial charge in [0.1, 0.15) is 5.82 Å². The van der Waals surface area contributed by atoms with Gasteiger partial charge in [0.15, 0.2) is 0 Å². The van der Waals surface area contributed by atoms with E-state index in [1.54, 1.807) is 48.5 Å². The highest BCUT2D eigenvalue weighted by Gasteiger charge is 2.16. The molecule has 3 rings (SSSR count). The quantitative estimate of drug-likeness (QED) is 0.671. The molecule has 130 valence electrons. The van der Waals surface area contributed by atoms with Crippen LogP contribution in [0, 0.1) is 0 Å². The van der Waals surface area contributed by atoms with Crippen LogP contribution in [-0.2, 0) is 0 Å². The molecule has 2 N–H and O–H groups in total. The Morgan fingerprint density at radius 1 is 0.808 bits per heavy atom. The Balaban J connectivity index is 1.84. The largest absolute Gasteiger partial charge is 0.321 e. The summed E-state index contributed by atoms with van der Waals surface area (Å²) in [5.74, 6) is -0.447. The smallest absolute Gasteiger partial charge is 0.258 e. The molecule has 0 radical (unpaired) electrons. The highest BCUT2D eigenvalue weighted by atomic mass is 35.5. The van der Waals surface area contributed by atoms with Crippen LogP contribution in [0.5, 0.6) is 0 Å². The summed E-state index contributed by atoms with van der Waals surface area (Å²) in [6.07, 6.45) is 1.42. The molecule has 1 aromatic heterocycles. The van der Waals surface area contributed by atoms with Crippen molar-refractivity contribution in [1.82, 2.24) is 4.98 Å². The van der Waals surface area contributed by atoms with Crippen LogP contribution < -0.4 is 10.6 Å². The van der Waals surface area contributed by atoms with Crippen LogP contribution in [-0.4, -0.2) is 16.8 Å². The van der Waals surface area contributed by atoms with Crippen LogP contribution in [0.3, 0.4) is 0 Å². The van der Waals surface area contributed by atoms with Crippen LogP contribution in [0.1, 0.15) is 20.7 Å². The third kappa shape index (κ3) is 4.39. The van der Waals surface area contributed by atoms with Crippen molar-refractivity contribution in [3.05, 3.63) is 88.0 Å². The lowest BCUT2D eigenvalue weighted by molar-refractivity contribution is 0.102. The fourth-order valence-electron chi connectivity index (χ4n) is 2.23. The number of nitrogens with one attached hydrogen (secondary N) is 2. The molecule has 0 fully saturated rings. The highest BCUT2D eigenvalue weighted by Crippen LogP contribution is 2.23. The normalized spacial score (nSPS) is 10.2. The van der Waals surface area contributed by atoms with Gasteiger partial charge in [-0.1, -0.05) is 41.4 Å². The van der Waals surface area contributed by atoms with Gasteiger partial charge in [0.2, 0.25) is 0 Å². The van der Waals surface area contributed by atoms with Gasteiger partial charge in [-0.05, 0) is 42.5 Å². The monoisotopic (exact) mass is 385 g/mol. The maximum absolute atomic E-state index is 12.6. The first-order valence-corrected chi connectivity index (χ1v) is 8.37. The summed E-state index contributed by atoms with van der Waals surface area (Å²) < 4.78 is 0. The van der Waals surface area contributed by atoms with Gasteiger partial charge in [-0.3, -0.25) is 9.59 Å². The number of rotatable bonds is 4. The minimum absolute atomic E-state index is 0.221. The minimum Gasteiger partial charge on any atom is -0.321 e. The van der Waals surface area contributed by atoms with Crippen LogP contribution in [0.4, 0.5) is 11.5 Å². The van der Waals surface area contributed by atoms with Crippen molar-refractivity contribution < 1.29 is 9.59 Å². The Bertz CT molecular complexity index is 945. The first-order chi connectivity index (χ1) is 12.5. The molecule has 0 aliphatic heterocycles. The molecule has 7 heteroatoms. The first kappa shape index (κ1) is 17.9. The van der Waals surface area contributed by atoms with E-state index >= 15 is 0 Å². The van der Waals surface area contributed by atoms with Crippen molar-refractivity contribution in [3.63, 3.8) is 0 Å². The fourth-order valence-corrected chi connectivity index (χ4v) is 2.51. The Hall–Kier alpha value is -2.89. The molecule has 0 aliphatic rings. The molecule has 2 amide bonds. The summed E-state index contributed by atoms with van der Waals surface area (Å²) in [7, 11) is 0. The molecular formula is C19H13Cl2N3O2. The van der Waals surface area contributed by atoms with Gasteiger partial charge in [-0.15, -0.1) is 0 Å². The van der Waals surface area contributed by atoms with E-state index in [4.69, 9.17) is 23.2 Å². The number of amides is 2. The van der Waals surface area contributed by atoms with Gasteiger partial charge < -0.3 is 10.6 Å². The van der Waals surface area contributed by atoms with Crippen molar-refractivity contribution >= 4 is 46.5 Å². The predicted octanol–water partition coefficient (Wildman–Crippen LogP) is 4.89. The lowest BCUT2D eigenvalue weighted by Crippen LogP contribution is -2.18. The average Bonchev–Trinajstić information content (AvgIpc) is 2.65. The molecule has 0 unspecified atom stereocenters. The Kier molecular flexibility index (Phi) is 5.51. The lowest BCUT2D eigenvalue weighted by Gasteiger charge is -2.12. The van der Waals surface area contributed by atoms with E-state index in [2.05, 4.69) is 15.6 Å². The summed E-state index contributed by atoms with van der Waals surface area (Å²) >= 11 is 11.8. The summed E-state index contributed by atoms with van der Waals surface area (Å²) in [5.41, 5.74) is 1.04. The zero-order valence-corrected chi connectivity index (χ0v) is 14.9. The predicted molar refractivity (Wildman–Crippen MR) is 103 cm³/mol. The molecule has 0 aliphatic carbocycles. The number of hydrogen-bond donors (Lipinski definition) is 2. The number of aromatic nitrogens is 1. The average molecular weight is 386 g/mol. The standard InChI is InChI=1S/C19H13Cl2N3O2/c20-13-6-8-16(23-18(25)12-4-2-1-3-5-12)15(10-13)19(26)24-17-9-7-14(21)11-22-17/h1-11H,(H,23,25)(H,22,24,26). The first-order valence-electron chi connectivity index (χ1n) is 7.62. The zero-order valence-electron chi connectivity index (χ0n) is 13.4. The molecule has 0 atom stereocenters. The summed E-state index contributed by atoms with van der Waals surface area (Å²) in [6, 6.07) is 16.5. The SMILES string of the molecule is O=C(Nc1ccc(Cl)cc1C(=O)Nc1ccc(Cl)cn1)c1ccccc1. The van der Waals surface area contributed by atoms with Crippen molar-refractivity contribution in [1.29, 1.82) is 0 Å². The van der Waals surface area contributed by atoms with Crippen LogP contribution in [0.15, 0.2) is 66.9 Å². The molecule has 0 saturated heterocycles. The van der Waals surface area contributed by atoms with E-state index in [-0.39, 0.29) is 11.5 Å². The molecule has 1 heterocycles. The number of nitrogens with zero attached hydrogens (tertiary/aromatic N) is 1. The van der Waals surface area contributed by atoms with E-state index in [9.17, 15) is 9.59 Å². The maximum Gasteiger partial charge on any atom is 0.258 e. The fraction of sp³-hybridized carbons (Fsp3) is 0. The lowest BCUT2D eigenvalue weighted by atomic mass is 10.1. The highest BCUT2D eigenvalue weighted by molar-refractivity contribution is 6.31. The number of benzene rings is 2. The second-order valence-corrected chi connectivity index (χ2v) is 6.20. The molecule has 0 saturated carbocycles. The van der Waals surface area contributed by atoms with Gasteiger partial charge in [0.25, 0.3) is 11.8 Å². The van der Waals surface area contributed by atoms with Gasteiger partial charge >= 0.3 is 0 Å². The molecule has 0 bridgehead atoms. The molecule has 2 aromatic carbocycles. The molecule has 26 heavy (non-hydrogen) atoms. The molecule has 0 spiro atoms. The number of hydrogen-bond acceptors (Lipinski definition) is 3. The van der Waals surface area contributed by atoms with Crippen molar-refractivity contribution in [3.8, 4) is 0 Å². The zero-order chi connectivity index (χ0) is 18.5. The van der Waals surface area contributed by atoms with Crippen molar-refractivity contribution in [2.24, 2.45) is 0 Å². The number of halogens is 2. The minimum atomic E-state index is -0.453. The van der Waals surface area contributed by atoms with E-state index in [0.29, 0.717) is 27.1 Å². The summed E-state index contributed by atoms with van der Waals surface area (Å²) in [6.45, 7) is 0. The van der Waals surface area contributed by atoms with Gasteiger partial charge in [0.05, 0.1) is 16.3 Å². The van der Waals surface area contributed by atoms with Crippen LogP contribution in [0.25, 0.3) is 0 Å². The van der Waals surface area contributed by atoms with Crippen LogP contribution >= 0.6 is 23.2 Å². The van der Waals surface area contributed by atoms with E-state index in [0.717, 1.165) is 0 Å². The maximum atomic E-state index is 12.6. The van der Waals surface area contributed by atoms with E-state index in [1.807, 2.05) is 6.07 Å². The second kappa shape index (κ2) is 7.99. The third-order valence-corrected chi connectivity index (χ3v) is 3.94. The second-order valence-electron chi connectivity index (χ2n) is 5.33. The Labute approximate surface area is 160 Å². The van der Waals surface area contributed by atoms with Gasteiger partial charge in [-0.25, -0.2) is 4.98 Å². The number of carbonyl (C=O) groups excluding carboxylic acids is 2. The Morgan fingerprint density at radius 2 is 1.54 bits per heavy atom. The van der Waals surface area contributed by atoms with Crippen molar-refractivity contribution in [2.45, 2.75) is 0 Å². The summed E-state index contributed by atoms with van der Waals surface area (Å²) in [5, 5.41) is 6.21. The number of anilines is 2. The van der Waals surface area contributed by atoms with Gasteiger partial charge in [0, 0.05) is 16.8 Å². The van der Waals surface area contributed by atoms with Crippen LogP contribution in [0.2, 0.25) is 10.0 Å². The topological polar surface area (TPSA) is 71.1 Å². The van der Waals surface area contributed by atoms with Crippen molar-refractivity contribution in [2.75, 3.05) is 10.6 Å². The molecular weight excluding hydrogens is 373 g/mol. The van der Waals surface area contributed by atoms with Gasteiger partial charge in [-0.2, -0.15) is 0 Å². The Morgan fingerprint density at radius 3 is 2.23 bits per heavy atom. The number of carbonyl (C=O) groups is 2. The number of pyridine rings is 1. The third-order valence-electron chi connectivity index (χ3n) is 3.48.